The van der Waals surface area contributed by atoms with Crippen LogP contribution in [0.3, 0.4) is 0 Å². The molecule has 0 atom stereocenters. The molecule has 1 heterocycles. The standard InChI is InChI=1S/C14H20N2O2/c1-11(2)15-14(17)10-16-8-13(9-16)18-12-6-4-3-5-7-12/h3-7,11,13H,8-10H2,1-2H3,(H,15,17). The molecular weight excluding hydrogens is 228 g/mol. The van der Waals surface area contributed by atoms with Gasteiger partial charge in [-0.3, -0.25) is 9.69 Å². The second-order valence-electron chi connectivity index (χ2n) is 4.97. The third-order valence-corrected chi connectivity index (χ3v) is 2.79. The fraction of sp³-hybridized carbons (Fsp3) is 0.500. The van der Waals surface area contributed by atoms with Crippen LogP contribution in [0.1, 0.15) is 13.8 Å². The van der Waals surface area contributed by atoms with E-state index in [0.717, 1.165) is 18.8 Å². The number of hydrogen-bond donors (Lipinski definition) is 1. The lowest BCUT2D eigenvalue weighted by Crippen LogP contribution is -2.56. The molecule has 4 heteroatoms. The van der Waals surface area contributed by atoms with E-state index in [1.165, 1.54) is 0 Å². The van der Waals surface area contributed by atoms with E-state index in [1.54, 1.807) is 0 Å². The summed E-state index contributed by atoms with van der Waals surface area (Å²) in [5, 5.41) is 2.88. The Balaban J connectivity index is 1.67. The molecule has 4 nitrogen and oxygen atoms in total. The van der Waals surface area contributed by atoms with Gasteiger partial charge in [0.1, 0.15) is 11.9 Å². The Morgan fingerprint density at radius 1 is 1.39 bits per heavy atom. The topological polar surface area (TPSA) is 41.6 Å². The van der Waals surface area contributed by atoms with Gasteiger partial charge in [0.05, 0.1) is 6.54 Å². The molecule has 98 valence electrons. The van der Waals surface area contributed by atoms with E-state index < -0.39 is 0 Å². The summed E-state index contributed by atoms with van der Waals surface area (Å²) in [7, 11) is 0. The van der Waals surface area contributed by atoms with Crippen LogP contribution in [0, 0.1) is 0 Å². The molecule has 0 aliphatic carbocycles. The lowest BCUT2D eigenvalue weighted by atomic mass is 10.1. The summed E-state index contributed by atoms with van der Waals surface area (Å²) in [6.07, 6.45) is 0.208. The number of rotatable bonds is 5. The minimum Gasteiger partial charge on any atom is -0.488 e. The Morgan fingerprint density at radius 2 is 2.06 bits per heavy atom. The van der Waals surface area contributed by atoms with E-state index in [1.807, 2.05) is 44.2 Å². The quantitative estimate of drug-likeness (QED) is 0.853. The van der Waals surface area contributed by atoms with Crippen LogP contribution in [0.2, 0.25) is 0 Å². The number of hydrogen-bond acceptors (Lipinski definition) is 3. The van der Waals surface area contributed by atoms with Gasteiger partial charge in [0, 0.05) is 19.1 Å². The van der Waals surface area contributed by atoms with E-state index in [-0.39, 0.29) is 18.1 Å². The number of nitrogens with zero attached hydrogens (tertiary/aromatic N) is 1. The second-order valence-corrected chi connectivity index (χ2v) is 4.97. The van der Waals surface area contributed by atoms with E-state index >= 15 is 0 Å². The van der Waals surface area contributed by atoms with Crippen molar-refractivity contribution in [2.45, 2.75) is 26.0 Å². The monoisotopic (exact) mass is 248 g/mol. The predicted molar refractivity (Wildman–Crippen MR) is 70.6 cm³/mol. The summed E-state index contributed by atoms with van der Waals surface area (Å²) in [5.41, 5.74) is 0. The normalized spacial score (nSPS) is 16.4. The molecule has 1 amide bonds. The molecule has 1 fully saturated rings. The second kappa shape index (κ2) is 5.87. The number of likely N-dealkylation sites (tertiary alicyclic amines) is 1. The summed E-state index contributed by atoms with van der Waals surface area (Å²) in [4.78, 5) is 13.6. The van der Waals surface area contributed by atoms with Gasteiger partial charge in [0.15, 0.2) is 0 Å². The van der Waals surface area contributed by atoms with Gasteiger partial charge in [-0.05, 0) is 26.0 Å². The Hall–Kier alpha value is -1.55. The van der Waals surface area contributed by atoms with E-state index in [2.05, 4.69) is 10.2 Å². The lowest BCUT2D eigenvalue weighted by molar-refractivity contribution is -0.125. The number of para-hydroxylation sites is 1. The number of ether oxygens (including phenoxy) is 1. The third-order valence-electron chi connectivity index (χ3n) is 2.79. The first kappa shape index (κ1) is 12.9. The molecule has 1 N–H and O–H groups in total. The molecule has 18 heavy (non-hydrogen) atoms. The van der Waals surface area contributed by atoms with Crippen LogP contribution in [0.5, 0.6) is 5.75 Å². The molecule has 0 unspecified atom stereocenters. The van der Waals surface area contributed by atoms with Crippen molar-refractivity contribution in [1.29, 1.82) is 0 Å². The highest BCUT2D eigenvalue weighted by Crippen LogP contribution is 2.16. The number of carbonyl (C=O) groups is 1. The molecule has 1 aromatic rings. The molecule has 0 saturated carbocycles. The van der Waals surface area contributed by atoms with Crippen LogP contribution in [-0.4, -0.2) is 42.6 Å². The van der Waals surface area contributed by atoms with Gasteiger partial charge in [-0.25, -0.2) is 0 Å². The van der Waals surface area contributed by atoms with Gasteiger partial charge in [-0.15, -0.1) is 0 Å². The fourth-order valence-corrected chi connectivity index (χ4v) is 1.99. The zero-order chi connectivity index (χ0) is 13.0. The highest BCUT2D eigenvalue weighted by molar-refractivity contribution is 5.78. The highest BCUT2D eigenvalue weighted by Gasteiger charge is 2.29. The first-order valence-electron chi connectivity index (χ1n) is 6.37. The Morgan fingerprint density at radius 3 is 2.67 bits per heavy atom. The largest absolute Gasteiger partial charge is 0.488 e. The number of benzene rings is 1. The number of nitrogens with one attached hydrogen (secondary N) is 1. The van der Waals surface area contributed by atoms with Crippen molar-refractivity contribution in [1.82, 2.24) is 10.2 Å². The van der Waals surface area contributed by atoms with Crippen LogP contribution < -0.4 is 10.1 Å². The maximum atomic E-state index is 11.5. The Labute approximate surface area is 108 Å². The van der Waals surface area contributed by atoms with Crippen molar-refractivity contribution in [2.75, 3.05) is 19.6 Å². The smallest absolute Gasteiger partial charge is 0.234 e. The SMILES string of the molecule is CC(C)NC(=O)CN1CC(Oc2ccccc2)C1. The van der Waals surface area contributed by atoms with Crippen LogP contribution >= 0.6 is 0 Å². The Kier molecular flexibility index (Phi) is 4.20. The first-order valence-corrected chi connectivity index (χ1v) is 6.37. The van der Waals surface area contributed by atoms with Gasteiger partial charge in [-0.2, -0.15) is 0 Å². The summed E-state index contributed by atoms with van der Waals surface area (Å²) in [5.74, 6) is 0.983. The summed E-state index contributed by atoms with van der Waals surface area (Å²) in [6.45, 7) is 6.04. The molecular formula is C14H20N2O2. The van der Waals surface area contributed by atoms with Gasteiger partial charge >= 0.3 is 0 Å². The average molecular weight is 248 g/mol. The van der Waals surface area contributed by atoms with Gasteiger partial charge < -0.3 is 10.1 Å². The molecule has 0 spiro atoms. The van der Waals surface area contributed by atoms with Crippen LogP contribution in [0.25, 0.3) is 0 Å². The fourth-order valence-electron chi connectivity index (χ4n) is 1.99. The minimum absolute atomic E-state index is 0.0863. The molecule has 1 saturated heterocycles. The first-order chi connectivity index (χ1) is 8.63. The van der Waals surface area contributed by atoms with Crippen molar-refractivity contribution in [2.24, 2.45) is 0 Å². The minimum atomic E-state index is 0.0863. The molecule has 2 rings (SSSR count). The van der Waals surface area contributed by atoms with Crippen LogP contribution in [0.15, 0.2) is 30.3 Å². The van der Waals surface area contributed by atoms with Crippen molar-refractivity contribution >= 4 is 5.91 Å². The van der Waals surface area contributed by atoms with Gasteiger partial charge in [-0.1, -0.05) is 18.2 Å². The van der Waals surface area contributed by atoms with Crippen molar-refractivity contribution < 1.29 is 9.53 Å². The van der Waals surface area contributed by atoms with Crippen molar-refractivity contribution in [3.8, 4) is 5.75 Å². The average Bonchev–Trinajstić information content (AvgIpc) is 2.26. The summed E-state index contributed by atoms with van der Waals surface area (Å²) in [6, 6.07) is 10.00. The summed E-state index contributed by atoms with van der Waals surface area (Å²) < 4.78 is 5.77. The highest BCUT2D eigenvalue weighted by atomic mass is 16.5. The Bertz CT molecular complexity index is 386. The molecule has 1 aromatic carbocycles. The molecule has 0 bridgehead atoms. The third kappa shape index (κ3) is 3.74. The lowest BCUT2D eigenvalue weighted by Gasteiger charge is -2.38. The maximum Gasteiger partial charge on any atom is 0.234 e. The maximum absolute atomic E-state index is 11.5. The molecule has 0 radical (unpaired) electrons. The van der Waals surface area contributed by atoms with Crippen LogP contribution in [0.4, 0.5) is 0 Å². The van der Waals surface area contributed by atoms with Gasteiger partial charge in [0.2, 0.25) is 5.91 Å². The van der Waals surface area contributed by atoms with E-state index in [9.17, 15) is 4.79 Å². The van der Waals surface area contributed by atoms with Crippen LogP contribution in [-0.2, 0) is 4.79 Å². The van der Waals surface area contributed by atoms with E-state index in [0.29, 0.717) is 6.54 Å². The number of carbonyl (C=O) groups excluding carboxylic acids is 1. The number of amides is 1. The zero-order valence-electron chi connectivity index (χ0n) is 10.9. The van der Waals surface area contributed by atoms with Gasteiger partial charge in [0.25, 0.3) is 0 Å². The summed E-state index contributed by atoms with van der Waals surface area (Å²) >= 11 is 0. The molecule has 0 aromatic heterocycles. The molecule has 1 aliphatic heterocycles. The predicted octanol–water partition coefficient (Wildman–Crippen LogP) is 1.27. The van der Waals surface area contributed by atoms with Crippen molar-refractivity contribution in [3.05, 3.63) is 30.3 Å². The zero-order valence-corrected chi connectivity index (χ0v) is 10.9. The molecule has 1 aliphatic rings. The van der Waals surface area contributed by atoms with Crippen molar-refractivity contribution in [3.63, 3.8) is 0 Å². The van der Waals surface area contributed by atoms with E-state index in [4.69, 9.17) is 4.74 Å².